The van der Waals surface area contributed by atoms with Crippen LogP contribution in [-0.2, 0) is 27.4 Å². The molecule has 0 radical (unpaired) electrons. The lowest BCUT2D eigenvalue weighted by atomic mass is 10.1. The number of benzene rings is 2. The van der Waals surface area contributed by atoms with Crippen molar-refractivity contribution in [2.45, 2.75) is 31.5 Å². The van der Waals surface area contributed by atoms with E-state index in [1.807, 2.05) is 66.7 Å². The molecule has 0 saturated carbocycles. The Kier molecular flexibility index (Phi) is 6.67. The lowest BCUT2D eigenvalue weighted by Crippen LogP contribution is -2.45. The van der Waals surface area contributed by atoms with Crippen LogP contribution >= 0.6 is 0 Å². The van der Waals surface area contributed by atoms with Gasteiger partial charge in [-0.15, -0.1) is 0 Å². The van der Waals surface area contributed by atoms with Crippen LogP contribution in [0, 0.1) is 0 Å². The highest BCUT2D eigenvalue weighted by molar-refractivity contribution is 5.15. The summed E-state index contributed by atoms with van der Waals surface area (Å²) >= 11 is 0. The molecule has 0 aliphatic carbocycles. The summed E-state index contributed by atoms with van der Waals surface area (Å²) in [6, 6.07) is 19.9. The molecule has 0 unspecified atom stereocenters. The molecule has 6 heteroatoms. The molecule has 0 saturated heterocycles. The predicted octanol–water partition coefficient (Wildman–Crippen LogP) is 4.38. The number of azide groups is 1. The van der Waals surface area contributed by atoms with Crippen molar-refractivity contribution in [3.63, 3.8) is 0 Å². The van der Waals surface area contributed by atoms with Gasteiger partial charge in [0.05, 0.1) is 26.0 Å². The molecule has 0 amide bonds. The van der Waals surface area contributed by atoms with E-state index in [0.717, 1.165) is 11.1 Å². The largest absolute Gasteiger partial charge is 0.495 e. The van der Waals surface area contributed by atoms with Gasteiger partial charge in [0.1, 0.15) is 18.3 Å². The van der Waals surface area contributed by atoms with E-state index in [9.17, 15) is 0 Å². The maximum Gasteiger partial charge on any atom is 0.132 e. The molecule has 0 fully saturated rings. The van der Waals surface area contributed by atoms with Crippen molar-refractivity contribution in [2.24, 2.45) is 5.11 Å². The summed E-state index contributed by atoms with van der Waals surface area (Å²) < 4.78 is 17.8. The first kappa shape index (κ1) is 18.0. The van der Waals surface area contributed by atoms with E-state index >= 15 is 0 Å². The van der Waals surface area contributed by atoms with Crippen molar-refractivity contribution in [3.8, 4) is 0 Å². The van der Waals surface area contributed by atoms with E-state index in [1.54, 1.807) is 6.26 Å². The third-order valence-corrected chi connectivity index (χ3v) is 4.11. The highest BCUT2D eigenvalue weighted by atomic mass is 16.6. The number of hydrogen-bond donors (Lipinski definition) is 0. The average Bonchev–Trinajstić information content (AvgIpc) is 2.71. The molecular weight excluding hydrogens is 330 g/mol. The number of hydrogen-bond acceptors (Lipinski definition) is 4. The monoisotopic (exact) mass is 351 g/mol. The summed E-state index contributed by atoms with van der Waals surface area (Å²) in [5, 5.41) is 3.64. The van der Waals surface area contributed by atoms with E-state index in [0.29, 0.717) is 13.2 Å². The Morgan fingerprint density at radius 1 is 0.923 bits per heavy atom. The third kappa shape index (κ3) is 5.10. The summed E-state index contributed by atoms with van der Waals surface area (Å²) in [6.45, 7) is 1.08. The molecule has 0 spiro atoms. The first-order valence-corrected chi connectivity index (χ1v) is 8.51. The highest BCUT2D eigenvalue weighted by Gasteiger charge is 2.33. The Balaban J connectivity index is 1.67. The molecule has 1 heterocycles. The van der Waals surface area contributed by atoms with Gasteiger partial charge in [-0.05, 0) is 22.7 Å². The minimum atomic E-state index is -0.389. The Hall–Kier alpha value is -2.79. The average molecular weight is 351 g/mol. The Labute approximate surface area is 152 Å². The fraction of sp³-hybridized carbons (Fsp3) is 0.300. The van der Waals surface area contributed by atoms with Gasteiger partial charge in [0.2, 0.25) is 0 Å². The molecule has 134 valence electrons. The van der Waals surface area contributed by atoms with Gasteiger partial charge in [-0.2, -0.15) is 0 Å². The second-order valence-corrected chi connectivity index (χ2v) is 5.94. The quantitative estimate of drug-likeness (QED) is 0.402. The Morgan fingerprint density at radius 2 is 1.54 bits per heavy atom. The van der Waals surface area contributed by atoms with Gasteiger partial charge in [0.25, 0.3) is 0 Å². The standard InChI is InChI=1S/C20H21N3O3/c21-23-22-13-19-20(26-15-17-9-5-2-6-10-17)18(11-12-24-19)25-14-16-7-3-1-4-8-16/h1-12,18-20H,13-15H2/t18-,19-,20+/m1/s1. The molecule has 0 N–H and O–H groups in total. The minimum absolute atomic E-state index is 0.186. The number of rotatable bonds is 8. The second-order valence-electron chi connectivity index (χ2n) is 5.94. The van der Waals surface area contributed by atoms with Crippen LogP contribution in [0.3, 0.4) is 0 Å². The zero-order chi connectivity index (χ0) is 18.0. The lowest BCUT2D eigenvalue weighted by molar-refractivity contribution is -0.127. The van der Waals surface area contributed by atoms with Gasteiger partial charge in [0, 0.05) is 4.91 Å². The Morgan fingerprint density at radius 3 is 2.15 bits per heavy atom. The van der Waals surface area contributed by atoms with Gasteiger partial charge >= 0.3 is 0 Å². The third-order valence-electron chi connectivity index (χ3n) is 4.11. The van der Waals surface area contributed by atoms with Crippen LogP contribution in [0.5, 0.6) is 0 Å². The first-order chi connectivity index (χ1) is 12.9. The van der Waals surface area contributed by atoms with Gasteiger partial charge in [-0.3, -0.25) is 0 Å². The predicted molar refractivity (Wildman–Crippen MR) is 98.1 cm³/mol. The SMILES string of the molecule is [N-]=[N+]=NC[C@H]1OC=C[C@@H](OCc2ccccc2)[C@@H]1OCc1ccccc1. The van der Waals surface area contributed by atoms with Gasteiger partial charge < -0.3 is 14.2 Å². The minimum Gasteiger partial charge on any atom is -0.495 e. The van der Waals surface area contributed by atoms with Crippen molar-refractivity contribution >= 4 is 0 Å². The van der Waals surface area contributed by atoms with E-state index in [-0.39, 0.29) is 24.9 Å². The van der Waals surface area contributed by atoms with Crippen molar-refractivity contribution in [1.82, 2.24) is 0 Å². The topological polar surface area (TPSA) is 76.5 Å². The maximum atomic E-state index is 8.62. The van der Waals surface area contributed by atoms with Crippen molar-refractivity contribution in [2.75, 3.05) is 6.54 Å². The van der Waals surface area contributed by atoms with Crippen molar-refractivity contribution in [1.29, 1.82) is 0 Å². The summed E-state index contributed by atoms with van der Waals surface area (Å²) in [7, 11) is 0. The molecule has 26 heavy (non-hydrogen) atoms. The van der Waals surface area contributed by atoms with E-state index < -0.39 is 0 Å². The van der Waals surface area contributed by atoms with Gasteiger partial charge in [-0.1, -0.05) is 65.8 Å². The lowest BCUT2D eigenvalue weighted by Gasteiger charge is -2.34. The van der Waals surface area contributed by atoms with Gasteiger partial charge in [-0.25, -0.2) is 0 Å². The first-order valence-electron chi connectivity index (χ1n) is 8.51. The van der Waals surface area contributed by atoms with Crippen LogP contribution in [0.4, 0.5) is 0 Å². The van der Waals surface area contributed by atoms with E-state index in [2.05, 4.69) is 10.0 Å². The van der Waals surface area contributed by atoms with Crippen LogP contribution in [0.2, 0.25) is 0 Å². The van der Waals surface area contributed by atoms with Crippen LogP contribution in [0.15, 0.2) is 78.1 Å². The van der Waals surface area contributed by atoms with Crippen LogP contribution in [0.25, 0.3) is 10.4 Å². The number of ether oxygens (including phenoxy) is 3. The smallest absolute Gasteiger partial charge is 0.132 e. The summed E-state index contributed by atoms with van der Waals surface area (Å²) in [5.41, 5.74) is 10.8. The number of nitrogens with zero attached hydrogens (tertiary/aromatic N) is 3. The van der Waals surface area contributed by atoms with E-state index in [1.165, 1.54) is 0 Å². The van der Waals surface area contributed by atoms with E-state index in [4.69, 9.17) is 19.7 Å². The van der Waals surface area contributed by atoms with Crippen molar-refractivity contribution < 1.29 is 14.2 Å². The molecule has 6 nitrogen and oxygen atoms in total. The van der Waals surface area contributed by atoms with Crippen LogP contribution < -0.4 is 0 Å². The summed E-state index contributed by atoms with van der Waals surface area (Å²) in [5.74, 6) is 0. The van der Waals surface area contributed by atoms with Crippen molar-refractivity contribution in [3.05, 3.63) is 94.6 Å². The fourth-order valence-electron chi connectivity index (χ4n) is 2.77. The molecule has 1 aliphatic heterocycles. The molecule has 0 aromatic heterocycles. The van der Waals surface area contributed by atoms with Crippen LogP contribution in [-0.4, -0.2) is 24.9 Å². The Bertz CT molecular complexity index is 745. The fourth-order valence-corrected chi connectivity index (χ4v) is 2.77. The molecule has 2 aromatic carbocycles. The van der Waals surface area contributed by atoms with Gasteiger partial charge in [0.15, 0.2) is 0 Å². The van der Waals surface area contributed by atoms with Crippen LogP contribution in [0.1, 0.15) is 11.1 Å². The zero-order valence-corrected chi connectivity index (χ0v) is 14.3. The summed E-state index contributed by atoms with van der Waals surface area (Å²) in [6.07, 6.45) is 2.39. The second kappa shape index (κ2) is 9.63. The molecule has 3 atom stereocenters. The molecular formula is C20H21N3O3. The normalized spacial score (nSPS) is 21.6. The molecule has 1 aliphatic rings. The highest BCUT2D eigenvalue weighted by Crippen LogP contribution is 2.22. The molecule has 0 bridgehead atoms. The maximum absolute atomic E-state index is 8.62. The molecule has 2 aromatic rings. The zero-order valence-electron chi connectivity index (χ0n) is 14.3. The summed E-state index contributed by atoms with van der Waals surface area (Å²) in [4.78, 5) is 2.83. The molecule has 3 rings (SSSR count).